The predicted molar refractivity (Wildman–Crippen MR) is 90.4 cm³/mol. The normalized spacial score (nSPS) is 24.0. The zero-order valence-electron chi connectivity index (χ0n) is 14.1. The second-order valence-electron chi connectivity index (χ2n) is 7.03. The Labute approximate surface area is 137 Å². The number of ether oxygens (including phenoxy) is 1. The van der Waals surface area contributed by atoms with Gasteiger partial charge in [0.25, 0.3) is 0 Å². The van der Waals surface area contributed by atoms with Crippen LogP contribution in [-0.2, 0) is 4.74 Å². The fourth-order valence-corrected chi connectivity index (χ4v) is 4.14. The Kier molecular flexibility index (Phi) is 4.07. The lowest BCUT2D eigenvalue weighted by Gasteiger charge is -2.32. The number of likely N-dealkylation sites (tertiary alicyclic amines) is 1. The van der Waals surface area contributed by atoms with E-state index in [0.717, 1.165) is 37.2 Å². The number of aromatic nitrogens is 3. The Hall–Kier alpha value is -1.46. The first-order valence-corrected chi connectivity index (χ1v) is 8.92. The van der Waals surface area contributed by atoms with E-state index in [2.05, 4.69) is 34.4 Å². The van der Waals surface area contributed by atoms with Gasteiger partial charge in [0.1, 0.15) is 11.3 Å². The van der Waals surface area contributed by atoms with E-state index in [1.54, 1.807) is 0 Å². The molecule has 23 heavy (non-hydrogen) atoms. The van der Waals surface area contributed by atoms with Crippen LogP contribution in [0, 0.1) is 0 Å². The zero-order valence-corrected chi connectivity index (χ0v) is 14.1. The van der Waals surface area contributed by atoms with Crippen LogP contribution in [0.25, 0.3) is 11.2 Å². The van der Waals surface area contributed by atoms with Crippen LogP contribution in [0.4, 0.5) is 0 Å². The summed E-state index contributed by atoms with van der Waals surface area (Å²) >= 11 is 0. The minimum atomic E-state index is 0.396. The number of fused-ring (bicyclic) bond motifs is 1. The summed E-state index contributed by atoms with van der Waals surface area (Å²) in [5.74, 6) is 1.71. The Morgan fingerprint density at radius 2 is 2.04 bits per heavy atom. The molecule has 0 spiro atoms. The molecule has 0 aliphatic carbocycles. The third kappa shape index (κ3) is 2.66. The monoisotopic (exact) mass is 314 g/mol. The van der Waals surface area contributed by atoms with Crippen molar-refractivity contribution in [2.45, 2.75) is 57.7 Å². The lowest BCUT2D eigenvalue weighted by atomic mass is 9.99. The van der Waals surface area contributed by atoms with Crippen LogP contribution < -0.4 is 0 Å². The van der Waals surface area contributed by atoms with Gasteiger partial charge in [-0.3, -0.25) is 9.47 Å². The van der Waals surface area contributed by atoms with Crippen LogP contribution in [0.1, 0.15) is 57.4 Å². The van der Waals surface area contributed by atoms with Gasteiger partial charge in [0, 0.05) is 37.9 Å². The molecule has 0 saturated carbocycles. The van der Waals surface area contributed by atoms with Crippen molar-refractivity contribution in [1.29, 1.82) is 0 Å². The first kappa shape index (κ1) is 15.1. The minimum Gasteiger partial charge on any atom is -0.381 e. The molecule has 0 aromatic carbocycles. The predicted octanol–water partition coefficient (Wildman–Crippen LogP) is 3.33. The van der Waals surface area contributed by atoms with Crippen LogP contribution in [0.3, 0.4) is 0 Å². The fourth-order valence-electron chi connectivity index (χ4n) is 4.14. The third-order valence-corrected chi connectivity index (χ3v) is 5.29. The summed E-state index contributed by atoms with van der Waals surface area (Å²) in [6.07, 6.45) is 6.87. The van der Waals surface area contributed by atoms with Crippen LogP contribution in [0.2, 0.25) is 0 Å². The van der Waals surface area contributed by atoms with Gasteiger partial charge in [0.15, 0.2) is 5.65 Å². The second kappa shape index (κ2) is 6.21. The van der Waals surface area contributed by atoms with Crippen molar-refractivity contribution in [2.24, 2.45) is 0 Å². The van der Waals surface area contributed by atoms with E-state index in [9.17, 15) is 0 Å². The quantitative estimate of drug-likeness (QED) is 0.871. The van der Waals surface area contributed by atoms with Crippen molar-refractivity contribution >= 4 is 11.2 Å². The largest absolute Gasteiger partial charge is 0.381 e. The zero-order chi connectivity index (χ0) is 15.8. The molecule has 1 unspecified atom stereocenters. The standard InChI is InChI=1S/C18H26N4O/c1-13(2)21-10-4-6-16(21)22-17(14-7-11-23-12-8-14)20-15-5-3-9-19-18(15)22/h3,5,9,13-14,16H,4,6-8,10-12H2,1-2H3. The smallest absolute Gasteiger partial charge is 0.161 e. The highest BCUT2D eigenvalue weighted by atomic mass is 16.5. The van der Waals surface area contributed by atoms with Gasteiger partial charge in [0.05, 0.1) is 6.17 Å². The van der Waals surface area contributed by atoms with Gasteiger partial charge >= 0.3 is 0 Å². The van der Waals surface area contributed by atoms with Gasteiger partial charge in [-0.05, 0) is 51.7 Å². The molecule has 0 bridgehead atoms. The van der Waals surface area contributed by atoms with Crippen molar-refractivity contribution < 1.29 is 4.74 Å². The van der Waals surface area contributed by atoms with Gasteiger partial charge in [-0.25, -0.2) is 9.97 Å². The summed E-state index contributed by atoms with van der Waals surface area (Å²) in [7, 11) is 0. The maximum atomic E-state index is 5.56. The Morgan fingerprint density at radius 3 is 2.83 bits per heavy atom. The molecule has 4 heterocycles. The molecule has 5 heteroatoms. The van der Waals surface area contributed by atoms with Gasteiger partial charge in [0.2, 0.25) is 0 Å². The molecule has 124 valence electrons. The van der Waals surface area contributed by atoms with Crippen LogP contribution in [0.5, 0.6) is 0 Å². The molecule has 2 aliphatic heterocycles. The van der Waals surface area contributed by atoms with E-state index in [1.807, 2.05) is 12.3 Å². The molecule has 4 rings (SSSR count). The fraction of sp³-hybridized carbons (Fsp3) is 0.667. The lowest BCUT2D eigenvalue weighted by molar-refractivity contribution is 0.0799. The molecule has 2 aliphatic rings. The number of hydrogen-bond acceptors (Lipinski definition) is 4. The number of nitrogens with zero attached hydrogens (tertiary/aromatic N) is 4. The Balaban J connectivity index is 1.82. The summed E-state index contributed by atoms with van der Waals surface area (Å²) in [5, 5.41) is 0. The molecular weight excluding hydrogens is 288 g/mol. The molecule has 2 saturated heterocycles. The maximum absolute atomic E-state index is 5.56. The van der Waals surface area contributed by atoms with Crippen LogP contribution in [-0.4, -0.2) is 45.2 Å². The molecule has 5 nitrogen and oxygen atoms in total. The summed E-state index contributed by atoms with van der Waals surface area (Å²) in [6, 6.07) is 4.63. The number of pyridine rings is 1. The summed E-state index contributed by atoms with van der Waals surface area (Å²) in [4.78, 5) is 12.3. The lowest BCUT2D eigenvalue weighted by Crippen LogP contribution is -2.34. The molecule has 2 aromatic rings. The Morgan fingerprint density at radius 1 is 1.22 bits per heavy atom. The molecule has 2 fully saturated rings. The molecular formula is C18H26N4O. The highest BCUT2D eigenvalue weighted by molar-refractivity contribution is 5.71. The van der Waals surface area contributed by atoms with Crippen molar-refractivity contribution in [2.75, 3.05) is 19.8 Å². The molecule has 0 radical (unpaired) electrons. The van der Waals surface area contributed by atoms with E-state index in [1.165, 1.54) is 25.2 Å². The minimum absolute atomic E-state index is 0.396. The van der Waals surface area contributed by atoms with E-state index in [4.69, 9.17) is 9.72 Å². The molecule has 1 atom stereocenters. The number of hydrogen-bond donors (Lipinski definition) is 0. The Bertz CT molecular complexity index is 675. The van der Waals surface area contributed by atoms with E-state index in [-0.39, 0.29) is 0 Å². The highest BCUT2D eigenvalue weighted by Crippen LogP contribution is 2.36. The first-order chi connectivity index (χ1) is 11.3. The van der Waals surface area contributed by atoms with Gasteiger partial charge in [-0.2, -0.15) is 0 Å². The van der Waals surface area contributed by atoms with Crippen molar-refractivity contribution in [3.63, 3.8) is 0 Å². The van der Waals surface area contributed by atoms with Gasteiger partial charge < -0.3 is 4.74 Å². The second-order valence-corrected chi connectivity index (χ2v) is 7.03. The SMILES string of the molecule is CC(C)N1CCCC1n1c(C2CCOCC2)nc2cccnc21. The highest BCUT2D eigenvalue weighted by Gasteiger charge is 2.33. The molecule has 0 amide bonds. The summed E-state index contributed by atoms with van der Waals surface area (Å²) in [5.41, 5.74) is 2.08. The third-order valence-electron chi connectivity index (χ3n) is 5.29. The average Bonchev–Trinajstić information content (AvgIpc) is 3.19. The first-order valence-electron chi connectivity index (χ1n) is 8.92. The van der Waals surface area contributed by atoms with Crippen molar-refractivity contribution in [3.05, 3.63) is 24.2 Å². The van der Waals surface area contributed by atoms with Crippen LogP contribution >= 0.6 is 0 Å². The topological polar surface area (TPSA) is 43.2 Å². The summed E-state index contributed by atoms with van der Waals surface area (Å²) in [6.45, 7) is 7.44. The van der Waals surface area contributed by atoms with Crippen molar-refractivity contribution in [3.8, 4) is 0 Å². The van der Waals surface area contributed by atoms with Gasteiger partial charge in [-0.1, -0.05) is 0 Å². The van der Waals surface area contributed by atoms with E-state index in [0.29, 0.717) is 18.1 Å². The number of rotatable bonds is 3. The van der Waals surface area contributed by atoms with E-state index < -0.39 is 0 Å². The van der Waals surface area contributed by atoms with Gasteiger partial charge in [-0.15, -0.1) is 0 Å². The molecule has 2 aromatic heterocycles. The maximum Gasteiger partial charge on any atom is 0.161 e. The molecule has 0 N–H and O–H groups in total. The summed E-state index contributed by atoms with van der Waals surface area (Å²) < 4.78 is 8.00. The van der Waals surface area contributed by atoms with Crippen LogP contribution in [0.15, 0.2) is 18.3 Å². The number of imidazole rings is 1. The average molecular weight is 314 g/mol. The van der Waals surface area contributed by atoms with Crippen molar-refractivity contribution in [1.82, 2.24) is 19.4 Å². The van der Waals surface area contributed by atoms with E-state index >= 15 is 0 Å².